The molecule has 138 valence electrons. The molecule has 0 spiro atoms. The Morgan fingerprint density at radius 2 is 1.76 bits per heavy atom. The van der Waals surface area contributed by atoms with Crippen LogP contribution in [-0.2, 0) is 16.0 Å². The van der Waals surface area contributed by atoms with Crippen LogP contribution in [0.5, 0.6) is 0 Å². The van der Waals surface area contributed by atoms with Crippen molar-refractivity contribution in [2.75, 3.05) is 18.8 Å². The molecule has 1 heterocycles. The second kappa shape index (κ2) is 9.09. The van der Waals surface area contributed by atoms with E-state index in [9.17, 15) is 9.59 Å². The summed E-state index contributed by atoms with van der Waals surface area (Å²) >= 11 is 0. The van der Waals surface area contributed by atoms with Crippen molar-refractivity contribution in [3.05, 3.63) is 29.8 Å². The number of nitrogens with zero attached hydrogens (tertiary/aromatic N) is 1. The molecule has 3 rings (SSSR count). The maximum atomic E-state index is 12.6. The quantitative estimate of drug-likeness (QED) is 0.805. The second-order valence-electron chi connectivity index (χ2n) is 7.09. The molecule has 1 unspecified atom stereocenters. The number of amides is 2. The highest BCUT2D eigenvalue weighted by Gasteiger charge is 2.31. The van der Waals surface area contributed by atoms with Crippen molar-refractivity contribution in [3.8, 4) is 0 Å². The van der Waals surface area contributed by atoms with Gasteiger partial charge in [0, 0.05) is 30.7 Å². The molecular formula is C19H28ClN3O2. The Bertz CT molecular complexity index is 585. The molecule has 2 aliphatic rings. The van der Waals surface area contributed by atoms with Crippen molar-refractivity contribution in [1.29, 1.82) is 0 Å². The fraction of sp³-hybridized carbons (Fsp3) is 0.579. The number of hydrogen-bond acceptors (Lipinski definition) is 3. The van der Waals surface area contributed by atoms with E-state index in [-0.39, 0.29) is 30.3 Å². The highest BCUT2D eigenvalue weighted by atomic mass is 35.5. The number of likely N-dealkylation sites (tertiary alicyclic amines) is 1. The lowest BCUT2D eigenvalue weighted by Gasteiger charge is -2.26. The van der Waals surface area contributed by atoms with Gasteiger partial charge in [0.25, 0.3) is 0 Å². The van der Waals surface area contributed by atoms with E-state index in [0.29, 0.717) is 24.6 Å². The fourth-order valence-corrected chi connectivity index (χ4v) is 3.79. The molecule has 6 heteroatoms. The number of anilines is 1. The van der Waals surface area contributed by atoms with E-state index in [1.165, 1.54) is 19.3 Å². The molecule has 3 N–H and O–H groups in total. The van der Waals surface area contributed by atoms with Crippen LogP contribution in [0.1, 0.15) is 44.1 Å². The van der Waals surface area contributed by atoms with Crippen LogP contribution in [0.3, 0.4) is 0 Å². The average molecular weight is 366 g/mol. The van der Waals surface area contributed by atoms with Crippen molar-refractivity contribution < 1.29 is 9.59 Å². The zero-order valence-corrected chi connectivity index (χ0v) is 15.4. The monoisotopic (exact) mass is 365 g/mol. The number of nitrogen functional groups attached to an aromatic ring is 1. The summed E-state index contributed by atoms with van der Waals surface area (Å²) in [5, 5.41) is 3.07. The minimum atomic E-state index is 0. The van der Waals surface area contributed by atoms with Crippen molar-refractivity contribution in [3.63, 3.8) is 0 Å². The Morgan fingerprint density at radius 3 is 2.44 bits per heavy atom. The molecule has 1 aliphatic carbocycles. The van der Waals surface area contributed by atoms with Gasteiger partial charge < -0.3 is 16.0 Å². The first-order valence-electron chi connectivity index (χ1n) is 9.04. The first-order chi connectivity index (χ1) is 11.6. The first-order valence-corrected chi connectivity index (χ1v) is 9.04. The molecule has 2 amide bonds. The van der Waals surface area contributed by atoms with E-state index in [2.05, 4.69) is 5.32 Å². The highest BCUT2D eigenvalue weighted by molar-refractivity contribution is 5.85. The maximum Gasteiger partial charge on any atom is 0.225 e. The predicted octanol–water partition coefficient (Wildman–Crippen LogP) is 2.53. The number of nitrogens with one attached hydrogen (secondary N) is 1. The molecule has 25 heavy (non-hydrogen) atoms. The van der Waals surface area contributed by atoms with Crippen LogP contribution in [0.15, 0.2) is 24.3 Å². The molecule has 1 aromatic carbocycles. The van der Waals surface area contributed by atoms with Crippen LogP contribution in [0.25, 0.3) is 0 Å². The summed E-state index contributed by atoms with van der Waals surface area (Å²) < 4.78 is 0. The van der Waals surface area contributed by atoms with Gasteiger partial charge in [0.2, 0.25) is 11.8 Å². The number of halogens is 1. The third-order valence-electron chi connectivity index (χ3n) is 5.16. The Labute approximate surface area is 155 Å². The van der Waals surface area contributed by atoms with Gasteiger partial charge in [-0.05, 0) is 37.0 Å². The Balaban J connectivity index is 0.00000225. The minimum absolute atomic E-state index is 0. The van der Waals surface area contributed by atoms with Gasteiger partial charge >= 0.3 is 0 Å². The summed E-state index contributed by atoms with van der Waals surface area (Å²) in [6.07, 6.45) is 6.87. The smallest absolute Gasteiger partial charge is 0.225 e. The van der Waals surface area contributed by atoms with Crippen molar-refractivity contribution in [1.82, 2.24) is 10.2 Å². The summed E-state index contributed by atoms with van der Waals surface area (Å²) in [4.78, 5) is 26.7. The van der Waals surface area contributed by atoms with Crippen LogP contribution in [0, 0.1) is 5.92 Å². The predicted molar refractivity (Wildman–Crippen MR) is 102 cm³/mol. The van der Waals surface area contributed by atoms with Crippen LogP contribution < -0.4 is 11.1 Å². The molecule has 1 saturated carbocycles. The van der Waals surface area contributed by atoms with Gasteiger partial charge in [0.1, 0.15) is 0 Å². The molecule has 5 nitrogen and oxygen atoms in total. The fourth-order valence-electron chi connectivity index (χ4n) is 3.79. The molecule has 1 atom stereocenters. The number of hydrogen-bond donors (Lipinski definition) is 2. The molecule has 0 aromatic heterocycles. The molecule has 1 aromatic rings. The van der Waals surface area contributed by atoms with Gasteiger partial charge in [-0.25, -0.2) is 0 Å². The first kappa shape index (κ1) is 19.6. The largest absolute Gasteiger partial charge is 0.399 e. The van der Waals surface area contributed by atoms with Gasteiger partial charge in [-0.1, -0.05) is 31.4 Å². The van der Waals surface area contributed by atoms with Gasteiger partial charge in [-0.2, -0.15) is 0 Å². The lowest BCUT2D eigenvalue weighted by Crippen LogP contribution is -2.41. The third kappa shape index (κ3) is 5.36. The van der Waals surface area contributed by atoms with Gasteiger partial charge in [-0.3, -0.25) is 9.59 Å². The number of benzene rings is 1. The van der Waals surface area contributed by atoms with E-state index < -0.39 is 0 Å². The van der Waals surface area contributed by atoms with Gasteiger partial charge in [0.05, 0.1) is 6.42 Å². The number of carbonyl (C=O) groups is 2. The van der Waals surface area contributed by atoms with Gasteiger partial charge in [0.15, 0.2) is 0 Å². The number of rotatable bonds is 4. The van der Waals surface area contributed by atoms with Crippen LogP contribution in [0.4, 0.5) is 5.69 Å². The van der Waals surface area contributed by atoms with E-state index in [1.807, 2.05) is 29.2 Å². The summed E-state index contributed by atoms with van der Waals surface area (Å²) in [6, 6.07) is 7.45. The Hall–Kier alpha value is -1.75. The normalized spacial score (nSPS) is 20.8. The Morgan fingerprint density at radius 1 is 1.08 bits per heavy atom. The lowest BCUT2D eigenvalue weighted by molar-refractivity contribution is -0.135. The van der Waals surface area contributed by atoms with E-state index in [1.54, 1.807) is 0 Å². The zero-order chi connectivity index (χ0) is 16.9. The molecule has 2 fully saturated rings. The SMILES string of the molecule is Cl.Nc1ccc(CC(=O)NC2CCN(C(=O)C3CCCCC3)C2)cc1. The summed E-state index contributed by atoms with van der Waals surface area (Å²) in [5.74, 6) is 0.518. The molecule has 0 bridgehead atoms. The van der Waals surface area contributed by atoms with Crippen LogP contribution >= 0.6 is 12.4 Å². The van der Waals surface area contributed by atoms with E-state index in [4.69, 9.17) is 5.73 Å². The molecular weight excluding hydrogens is 338 g/mol. The van der Waals surface area contributed by atoms with E-state index >= 15 is 0 Å². The van der Waals surface area contributed by atoms with Crippen LogP contribution in [-0.4, -0.2) is 35.8 Å². The maximum absolute atomic E-state index is 12.6. The topological polar surface area (TPSA) is 75.4 Å². The zero-order valence-electron chi connectivity index (χ0n) is 14.6. The highest BCUT2D eigenvalue weighted by Crippen LogP contribution is 2.26. The van der Waals surface area contributed by atoms with Crippen molar-refractivity contribution >= 4 is 29.9 Å². The molecule has 1 saturated heterocycles. The average Bonchev–Trinajstić information content (AvgIpc) is 3.05. The summed E-state index contributed by atoms with van der Waals surface area (Å²) in [6.45, 7) is 1.42. The standard InChI is InChI=1S/C19H27N3O2.ClH/c20-16-8-6-14(7-9-16)12-18(23)21-17-10-11-22(13-17)19(24)15-4-2-1-3-5-15;/h6-9,15,17H,1-5,10-13,20H2,(H,21,23);1H. The minimum Gasteiger partial charge on any atom is -0.399 e. The number of carbonyl (C=O) groups excluding carboxylic acids is 2. The molecule has 1 aliphatic heterocycles. The van der Waals surface area contributed by atoms with Crippen molar-refractivity contribution in [2.24, 2.45) is 5.92 Å². The summed E-state index contributed by atoms with van der Waals surface area (Å²) in [5.41, 5.74) is 7.31. The number of nitrogens with two attached hydrogens (primary N) is 1. The van der Waals surface area contributed by atoms with E-state index in [0.717, 1.165) is 31.4 Å². The third-order valence-corrected chi connectivity index (χ3v) is 5.16. The lowest BCUT2D eigenvalue weighted by atomic mass is 9.88. The Kier molecular flexibility index (Phi) is 7.12. The van der Waals surface area contributed by atoms with Crippen molar-refractivity contribution in [2.45, 2.75) is 51.0 Å². The van der Waals surface area contributed by atoms with Crippen LogP contribution in [0.2, 0.25) is 0 Å². The second-order valence-corrected chi connectivity index (χ2v) is 7.09. The summed E-state index contributed by atoms with van der Waals surface area (Å²) in [7, 11) is 0. The van der Waals surface area contributed by atoms with Gasteiger partial charge in [-0.15, -0.1) is 12.4 Å². The molecule has 0 radical (unpaired) electrons.